The highest BCUT2D eigenvalue weighted by Gasteiger charge is 2.16. The van der Waals surface area contributed by atoms with Crippen LogP contribution in [0.4, 0.5) is 10.1 Å². The lowest BCUT2D eigenvalue weighted by Crippen LogP contribution is -2.21. The van der Waals surface area contributed by atoms with E-state index in [4.69, 9.17) is 14.6 Å². The Labute approximate surface area is 138 Å². The van der Waals surface area contributed by atoms with Gasteiger partial charge in [-0.1, -0.05) is 12.1 Å². The van der Waals surface area contributed by atoms with Crippen molar-refractivity contribution in [3.05, 3.63) is 48.3 Å². The molecule has 2 rings (SSSR count). The zero-order valence-corrected chi connectivity index (χ0v) is 13.5. The Kier molecular flexibility index (Phi) is 5.37. The maximum absolute atomic E-state index is 13.4. The molecule has 0 bridgehead atoms. The number of anilines is 1. The number of para-hydroxylation sites is 1. The molecule has 0 atom stereocenters. The minimum atomic E-state index is -4.02. The molecule has 0 saturated carbocycles. The monoisotopic (exact) mass is 354 g/mol. The Balaban J connectivity index is 2.08. The van der Waals surface area contributed by atoms with E-state index in [1.165, 1.54) is 37.4 Å². The van der Waals surface area contributed by atoms with Crippen molar-refractivity contribution in [2.45, 2.75) is 4.90 Å². The first-order chi connectivity index (χ1) is 11.3. The summed E-state index contributed by atoms with van der Waals surface area (Å²) in [7, 11) is -2.73. The van der Waals surface area contributed by atoms with Crippen LogP contribution in [0.15, 0.2) is 47.4 Å². The van der Waals surface area contributed by atoms with Crippen molar-refractivity contribution in [3.8, 4) is 11.5 Å². The number of hydrogen-bond donors (Lipinski definition) is 2. The maximum atomic E-state index is 13.4. The van der Waals surface area contributed by atoms with E-state index in [2.05, 4.69) is 5.32 Å². The molecular formula is C15H15FN2O5S. The van der Waals surface area contributed by atoms with Crippen LogP contribution in [0.3, 0.4) is 0 Å². The first-order valence-electron chi connectivity index (χ1n) is 6.69. The molecule has 0 radical (unpaired) electrons. The summed E-state index contributed by atoms with van der Waals surface area (Å²) in [6.45, 7) is -0.447. The summed E-state index contributed by atoms with van der Waals surface area (Å²) in [5.74, 6) is -1.19. The summed E-state index contributed by atoms with van der Waals surface area (Å²) >= 11 is 0. The molecule has 9 heteroatoms. The highest BCUT2D eigenvalue weighted by Crippen LogP contribution is 2.26. The predicted molar refractivity (Wildman–Crippen MR) is 84.9 cm³/mol. The number of carbonyl (C=O) groups excluding carboxylic acids is 1. The number of benzene rings is 2. The normalized spacial score (nSPS) is 11.0. The number of nitrogens with one attached hydrogen (secondary N) is 1. The summed E-state index contributed by atoms with van der Waals surface area (Å²) in [5, 5.41) is 7.53. The molecule has 2 aromatic carbocycles. The Bertz CT molecular complexity index is 855. The Morgan fingerprint density at radius 1 is 1.21 bits per heavy atom. The number of rotatable bonds is 6. The van der Waals surface area contributed by atoms with Crippen LogP contribution < -0.4 is 19.9 Å². The quantitative estimate of drug-likeness (QED) is 0.817. The van der Waals surface area contributed by atoms with Crippen molar-refractivity contribution >= 4 is 21.6 Å². The summed E-state index contributed by atoms with van der Waals surface area (Å²) in [6, 6.07) is 9.60. The molecule has 7 nitrogen and oxygen atoms in total. The van der Waals surface area contributed by atoms with Crippen molar-refractivity contribution < 1.29 is 27.1 Å². The van der Waals surface area contributed by atoms with Crippen molar-refractivity contribution in [2.24, 2.45) is 5.14 Å². The minimum absolute atomic E-state index is 0.0538. The number of amides is 1. The van der Waals surface area contributed by atoms with Gasteiger partial charge in [-0.2, -0.15) is 0 Å². The number of sulfonamides is 1. The topological polar surface area (TPSA) is 108 Å². The smallest absolute Gasteiger partial charge is 0.262 e. The van der Waals surface area contributed by atoms with Crippen LogP contribution in [-0.2, 0) is 14.8 Å². The summed E-state index contributed by atoms with van der Waals surface area (Å²) < 4.78 is 46.4. The molecule has 3 N–H and O–H groups in total. The second kappa shape index (κ2) is 7.28. The largest absolute Gasteiger partial charge is 0.495 e. The van der Waals surface area contributed by atoms with E-state index < -0.39 is 28.4 Å². The lowest BCUT2D eigenvalue weighted by Gasteiger charge is -2.11. The first-order valence-corrected chi connectivity index (χ1v) is 8.24. The van der Waals surface area contributed by atoms with Gasteiger partial charge in [-0.15, -0.1) is 0 Å². The highest BCUT2D eigenvalue weighted by atomic mass is 32.2. The predicted octanol–water partition coefficient (Wildman–Crippen LogP) is 1.50. The van der Waals surface area contributed by atoms with Crippen molar-refractivity contribution in [1.29, 1.82) is 0 Å². The number of nitrogens with two attached hydrogens (primary N) is 1. The molecule has 0 aromatic heterocycles. The molecule has 0 aliphatic heterocycles. The number of hydrogen-bond acceptors (Lipinski definition) is 5. The second-order valence-corrected chi connectivity index (χ2v) is 6.21. The third kappa shape index (κ3) is 4.43. The zero-order chi connectivity index (χ0) is 17.7. The minimum Gasteiger partial charge on any atom is -0.495 e. The molecule has 0 heterocycles. The van der Waals surface area contributed by atoms with Crippen molar-refractivity contribution in [2.75, 3.05) is 19.0 Å². The van der Waals surface area contributed by atoms with E-state index >= 15 is 0 Å². The summed E-state index contributed by atoms with van der Waals surface area (Å²) in [6.07, 6.45) is 0. The van der Waals surface area contributed by atoms with Gasteiger partial charge in [0.2, 0.25) is 10.0 Å². The van der Waals surface area contributed by atoms with Crippen LogP contribution in [0.5, 0.6) is 11.5 Å². The van der Waals surface area contributed by atoms with Gasteiger partial charge in [-0.05, 0) is 30.3 Å². The molecule has 1 amide bonds. The summed E-state index contributed by atoms with van der Waals surface area (Å²) in [4.78, 5) is 11.6. The molecule has 128 valence electrons. The molecule has 0 aliphatic rings. The van der Waals surface area contributed by atoms with Crippen molar-refractivity contribution in [3.63, 3.8) is 0 Å². The highest BCUT2D eigenvalue weighted by molar-refractivity contribution is 7.89. The van der Waals surface area contributed by atoms with Crippen LogP contribution in [0.2, 0.25) is 0 Å². The molecule has 0 saturated heterocycles. The third-order valence-corrected chi connectivity index (χ3v) is 3.88. The number of halogens is 1. The average molecular weight is 354 g/mol. The van der Waals surface area contributed by atoms with Gasteiger partial charge < -0.3 is 14.8 Å². The number of ether oxygens (including phenoxy) is 2. The van der Waals surface area contributed by atoms with Gasteiger partial charge in [-0.25, -0.2) is 17.9 Å². The Morgan fingerprint density at radius 2 is 1.92 bits per heavy atom. The molecule has 0 fully saturated rings. The summed E-state index contributed by atoms with van der Waals surface area (Å²) in [5.41, 5.74) is 0.182. The average Bonchev–Trinajstić information content (AvgIpc) is 2.53. The van der Waals surface area contributed by atoms with Gasteiger partial charge in [0, 0.05) is 5.69 Å². The number of carbonyl (C=O) groups is 1. The number of primary sulfonamides is 1. The molecular weight excluding hydrogens is 339 g/mol. The van der Waals surface area contributed by atoms with Gasteiger partial charge >= 0.3 is 0 Å². The fraction of sp³-hybridized carbons (Fsp3) is 0.133. The molecule has 2 aromatic rings. The SMILES string of the molecule is COc1ccc(NC(=O)COc2ccccc2F)cc1S(N)(=O)=O. The van der Waals surface area contributed by atoms with E-state index in [1.54, 1.807) is 6.07 Å². The van der Waals surface area contributed by atoms with Gasteiger partial charge in [0.1, 0.15) is 10.6 Å². The third-order valence-electron chi connectivity index (χ3n) is 2.95. The molecule has 0 spiro atoms. The van der Waals surface area contributed by atoms with Crippen LogP contribution >= 0.6 is 0 Å². The van der Waals surface area contributed by atoms with Crippen LogP contribution in [0, 0.1) is 5.82 Å². The fourth-order valence-electron chi connectivity index (χ4n) is 1.88. The van der Waals surface area contributed by atoms with Gasteiger partial charge in [0.05, 0.1) is 7.11 Å². The standard InChI is InChI=1S/C15H15FN2O5S/c1-22-13-7-6-10(8-14(13)24(17,20)21)18-15(19)9-23-12-5-3-2-4-11(12)16/h2-8H,9H2,1H3,(H,18,19)(H2,17,20,21). The fourth-order valence-corrected chi connectivity index (χ4v) is 2.60. The lowest BCUT2D eigenvalue weighted by atomic mass is 10.3. The molecule has 24 heavy (non-hydrogen) atoms. The van der Waals surface area contributed by atoms with Gasteiger partial charge in [-0.3, -0.25) is 4.79 Å². The van der Waals surface area contributed by atoms with Crippen LogP contribution in [0.1, 0.15) is 0 Å². The van der Waals surface area contributed by atoms with Crippen LogP contribution in [0.25, 0.3) is 0 Å². The van der Waals surface area contributed by atoms with Crippen molar-refractivity contribution in [1.82, 2.24) is 0 Å². The van der Waals surface area contributed by atoms with Gasteiger partial charge in [0.25, 0.3) is 5.91 Å². The maximum Gasteiger partial charge on any atom is 0.262 e. The Morgan fingerprint density at radius 3 is 2.54 bits per heavy atom. The first kappa shape index (κ1) is 17.7. The van der Waals surface area contributed by atoms with E-state index in [1.807, 2.05) is 0 Å². The molecule has 0 aliphatic carbocycles. The number of methoxy groups -OCH3 is 1. The Hall–Kier alpha value is -2.65. The molecule has 0 unspecified atom stereocenters. The van der Waals surface area contributed by atoms with E-state index in [9.17, 15) is 17.6 Å². The van der Waals surface area contributed by atoms with E-state index in [-0.39, 0.29) is 22.1 Å². The van der Waals surface area contributed by atoms with E-state index in [0.29, 0.717) is 0 Å². The zero-order valence-electron chi connectivity index (χ0n) is 12.7. The van der Waals surface area contributed by atoms with Gasteiger partial charge in [0.15, 0.2) is 18.2 Å². The lowest BCUT2D eigenvalue weighted by molar-refractivity contribution is -0.118. The second-order valence-electron chi connectivity index (χ2n) is 4.68. The van der Waals surface area contributed by atoms with E-state index in [0.717, 1.165) is 6.07 Å². The van der Waals surface area contributed by atoms with Crippen LogP contribution in [-0.4, -0.2) is 28.0 Å².